The largest absolute Gasteiger partial charge is 1.00 e. The molecule has 0 aliphatic carbocycles. The number of alkyl carbamates (subject to hydrolysis) is 2. The summed E-state index contributed by atoms with van der Waals surface area (Å²) in [4.78, 5) is 78.5. The Balaban J connectivity index is 0.000000312. The van der Waals surface area contributed by atoms with Gasteiger partial charge in [-0.15, -0.1) is 0 Å². The maximum absolute atomic E-state index is 13.8. The normalized spacial score (nSPS) is 12.7. The number of carbonyl (C=O) groups excluding carboxylic acids is 6. The number of ketones is 1. The number of hydrogen-bond donors (Lipinski definition) is 5. The summed E-state index contributed by atoms with van der Waals surface area (Å²) < 4.78 is 46.8. The van der Waals surface area contributed by atoms with E-state index in [9.17, 15) is 37.5 Å². The third-order valence-corrected chi connectivity index (χ3v) is 11.2. The number of carbonyl (C=O) groups is 6. The fourth-order valence-electron chi connectivity index (χ4n) is 7.41. The van der Waals surface area contributed by atoms with Gasteiger partial charge in [0.15, 0.2) is 17.9 Å². The molecule has 2 aromatic heterocycles. The van der Waals surface area contributed by atoms with Gasteiger partial charge in [-0.05, 0) is 75.9 Å². The van der Waals surface area contributed by atoms with E-state index in [1.54, 1.807) is 45.3 Å². The van der Waals surface area contributed by atoms with Crippen molar-refractivity contribution in [2.45, 2.75) is 92.1 Å². The summed E-state index contributed by atoms with van der Waals surface area (Å²) in [6, 6.07) is 25.1. The van der Waals surface area contributed by atoms with Crippen LogP contribution < -0.4 is 28.8 Å². The lowest BCUT2D eigenvalue weighted by Gasteiger charge is -2.30. The maximum atomic E-state index is 13.8. The first kappa shape index (κ1) is 59.0. The molecular formula is C53H65ClF2N5O11+. The molecule has 2 unspecified atom stereocenters. The topological polar surface area (TPSA) is 246 Å². The van der Waals surface area contributed by atoms with Gasteiger partial charge in [0, 0.05) is 51.8 Å². The minimum absolute atomic E-state index is 0. The number of Topliss-reactive ketones (excluding diaryl/α,β-unsaturated/α-hetero) is 1. The van der Waals surface area contributed by atoms with E-state index < -0.39 is 64.8 Å². The summed E-state index contributed by atoms with van der Waals surface area (Å²) in [5.74, 6) is -3.56. The molecule has 0 aliphatic heterocycles. The highest BCUT2D eigenvalue weighted by molar-refractivity contribution is 5.92. The summed E-state index contributed by atoms with van der Waals surface area (Å²) >= 11 is 0. The fourth-order valence-corrected chi connectivity index (χ4v) is 7.41. The number of H-pyrrole nitrogens is 2. The van der Waals surface area contributed by atoms with Crippen LogP contribution in [0.5, 0.6) is 0 Å². The van der Waals surface area contributed by atoms with Crippen molar-refractivity contribution in [2.24, 2.45) is 16.7 Å². The van der Waals surface area contributed by atoms with Crippen molar-refractivity contribution in [3.8, 4) is 0 Å². The van der Waals surface area contributed by atoms with Crippen molar-refractivity contribution in [1.82, 2.24) is 20.6 Å². The average Bonchev–Trinajstić information content (AvgIpc) is 3.92. The zero-order valence-corrected chi connectivity index (χ0v) is 42.4. The number of ether oxygens (including phenoxy) is 4. The highest BCUT2D eigenvalue weighted by Crippen LogP contribution is 2.28. The predicted molar refractivity (Wildman–Crippen MR) is 262 cm³/mol. The third-order valence-electron chi connectivity index (χ3n) is 11.2. The Bertz CT molecular complexity index is 2740. The molecule has 4 atom stereocenters. The zero-order valence-electron chi connectivity index (χ0n) is 41.7. The highest BCUT2D eigenvalue weighted by atomic mass is 35.5. The van der Waals surface area contributed by atoms with Crippen LogP contribution in [0.1, 0.15) is 70.2 Å². The van der Waals surface area contributed by atoms with Crippen LogP contribution in [0.25, 0.3) is 21.8 Å². The van der Waals surface area contributed by atoms with Gasteiger partial charge in [0.05, 0.1) is 26.2 Å². The molecule has 388 valence electrons. The minimum Gasteiger partial charge on any atom is -1.00 e. The number of aromatic amines is 2. The Kier molecular flexibility index (Phi) is 22.4. The molecule has 16 nitrogen and oxygen atoms in total. The van der Waals surface area contributed by atoms with Crippen LogP contribution in [0.15, 0.2) is 109 Å². The Labute approximate surface area is 423 Å². The van der Waals surface area contributed by atoms with E-state index in [4.69, 9.17) is 19.3 Å². The maximum Gasteiger partial charge on any atom is 0.539 e. The molecule has 0 saturated heterocycles. The lowest BCUT2D eigenvalue weighted by atomic mass is 9.81. The summed E-state index contributed by atoms with van der Waals surface area (Å²) in [7, 11) is 2.59. The van der Waals surface area contributed by atoms with E-state index in [0.717, 1.165) is 33.1 Å². The first-order chi connectivity index (χ1) is 33.5. The molecule has 0 radical (unpaired) electrons. The number of hydrogen-bond acceptors (Lipinski definition) is 10. The monoisotopic (exact) mass is 1020 g/mol. The standard InChI is InChI=1S/C27H31FN2O5.C14H19NO4.C12H13FN2O2.ClH/c1-27(2,3)24(30-26(33)35-16-17-8-6-5-7-9-17)23(31)13-18(25(32)34-4)12-19-15-29-22-11-10-20(28)14-21(19)22;1-14(2,3)11(12(16)17)15-13(18)19-9-10-7-5-4-6-8-10;1-17-12(16)10(14)4-7-6-15-11-3-2-8(13)5-9(7)11;/h5-11,14-15,18,24,29H,12-13,16H2,1-4H3,(H,30,33);4-8,11H,9H2,1-3H3,(H,15,18)(H,16,17);2-3,5-6,10,15H,4,14H2,1H3;1H/p+1/t18?,24-;11-;;/m11../s1. The van der Waals surface area contributed by atoms with Crippen molar-refractivity contribution < 1.29 is 79.7 Å². The van der Waals surface area contributed by atoms with Crippen molar-refractivity contribution in [3.63, 3.8) is 0 Å². The second-order valence-electron chi connectivity index (χ2n) is 18.9. The summed E-state index contributed by atoms with van der Waals surface area (Å²) in [6.07, 6.45) is 2.51. The first-order valence-corrected chi connectivity index (χ1v) is 22.7. The summed E-state index contributed by atoms with van der Waals surface area (Å²) in [6.45, 7) is 11.0. The quantitative estimate of drug-likeness (QED) is 0.0527. The Morgan fingerprint density at radius 1 is 0.625 bits per heavy atom. The molecule has 0 aliphatic rings. The molecule has 0 spiro atoms. The lowest BCUT2D eigenvalue weighted by Crippen LogP contribution is -3.00. The molecule has 19 heteroatoms. The van der Waals surface area contributed by atoms with Crippen molar-refractivity contribution in [1.29, 1.82) is 0 Å². The molecule has 9 N–H and O–H groups in total. The lowest BCUT2D eigenvalue weighted by molar-refractivity contribution is -0.407. The van der Waals surface area contributed by atoms with E-state index in [-0.39, 0.29) is 56.0 Å². The molecule has 0 fully saturated rings. The highest BCUT2D eigenvalue weighted by Gasteiger charge is 2.39. The number of amides is 2. The van der Waals surface area contributed by atoms with Crippen LogP contribution in [-0.4, -0.2) is 83.3 Å². The van der Waals surface area contributed by atoms with Gasteiger partial charge in [0.1, 0.15) is 24.8 Å². The number of nitrogens with one attached hydrogen (secondary N) is 4. The zero-order chi connectivity index (χ0) is 52.5. The van der Waals surface area contributed by atoms with Gasteiger partial charge in [0.2, 0.25) is 0 Å². The smallest absolute Gasteiger partial charge is 0.539 e. The van der Waals surface area contributed by atoms with E-state index in [1.807, 2.05) is 81.4 Å². The molecule has 4 aromatic carbocycles. The average molecular weight is 1020 g/mol. The van der Waals surface area contributed by atoms with Gasteiger partial charge in [-0.3, -0.25) is 9.59 Å². The van der Waals surface area contributed by atoms with Crippen molar-refractivity contribution in [3.05, 3.63) is 143 Å². The molecule has 2 amide bonds. The number of aromatic nitrogens is 2. The van der Waals surface area contributed by atoms with Crippen LogP contribution in [0, 0.1) is 28.4 Å². The molecule has 0 bridgehead atoms. The number of methoxy groups -OCH3 is 2. The van der Waals surface area contributed by atoms with E-state index >= 15 is 0 Å². The fraction of sp³-hybridized carbons (Fsp3) is 0.358. The predicted octanol–water partition coefficient (Wildman–Crippen LogP) is 4.15. The Hall–Kier alpha value is -7.31. The molecular weight excluding hydrogens is 956 g/mol. The summed E-state index contributed by atoms with van der Waals surface area (Å²) in [5, 5.41) is 13.7. The van der Waals surface area contributed by atoms with Gasteiger partial charge >= 0.3 is 30.1 Å². The molecule has 0 saturated carbocycles. The van der Waals surface area contributed by atoms with E-state index in [1.165, 1.54) is 38.5 Å². The summed E-state index contributed by atoms with van der Waals surface area (Å²) in [5.41, 5.74) is 7.40. The van der Waals surface area contributed by atoms with Crippen LogP contribution >= 0.6 is 0 Å². The van der Waals surface area contributed by atoms with Crippen LogP contribution in [0.3, 0.4) is 0 Å². The molecule has 6 rings (SSSR count). The van der Waals surface area contributed by atoms with E-state index in [2.05, 4.69) is 31.1 Å². The number of esters is 2. The molecule has 2 heterocycles. The number of benzene rings is 4. The van der Waals surface area contributed by atoms with Gasteiger partial charge in [0.25, 0.3) is 0 Å². The third kappa shape index (κ3) is 18.1. The number of rotatable bonds is 16. The Morgan fingerprint density at radius 2 is 1.04 bits per heavy atom. The van der Waals surface area contributed by atoms with Crippen molar-refractivity contribution in [2.75, 3.05) is 14.2 Å². The van der Waals surface area contributed by atoms with Crippen LogP contribution in [0.2, 0.25) is 0 Å². The van der Waals surface area contributed by atoms with Crippen LogP contribution in [0.4, 0.5) is 18.4 Å². The van der Waals surface area contributed by atoms with Crippen LogP contribution in [-0.2, 0) is 64.2 Å². The van der Waals surface area contributed by atoms with Gasteiger partial charge in [-0.1, -0.05) is 102 Å². The van der Waals surface area contributed by atoms with Crippen molar-refractivity contribution >= 4 is 57.7 Å². The van der Waals surface area contributed by atoms with E-state index in [0.29, 0.717) is 17.4 Å². The Morgan fingerprint density at radius 3 is 1.44 bits per heavy atom. The molecule has 72 heavy (non-hydrogen) atoms. The SMILES string of the molecule is CC(C)(C)[C@H](NC(=O)OCc1ccccc1)C(=O)[OH2+].COC(=O)C(CC(=O)[C@@H](NC(=O)OCc1ccccc1)C(C)(C)C)Cc1c[nH]c2ccc(F)cc12.COC(=O)C([NH3+])Cc1c[nH]c2ccc(F)cc12.[Cl-]. The van der Waals surface area contributed by atoms with Gasteiger partial charge in [-0.2, -0.15) is 0 Å². The first-order valence-electron chi connectivity index (χ1n) is 22.7. The second-order valence-corrected chi connectivity index (χ2v) is 18.9. The number of quaternary nitrogens is 1. The number of fused-ring (bicyclic) bond motifs is 2. The molecule has 6 aromatic rings. The van der Waals surface area contributed by atoms with Gasteiger partial charge in [-0.25, -0.2) is 23.2 Å². The van der Waals surface area contributed by atoms with Gasteiger partial charge < -0.3 is 62.8 Å². The number of halogens is 3. The second kappa shape index (κ2) is 27.3. The minimum atomic E-state index is -0.890.